The number of alkyl halides is 6. The molecule has 34 heavy (non-hydrogen) atoms. The van der Waals surface area contributed by atoms with Crippen molar-refractivity contribution < 1.29 is 31.1 Å². The predicted molar refractivity (Wildman–Crippen MR) is 125 cm³/mol. The number of hydrogen-bond acceptors (Lipinski definition) is 2. The summed E-state index contributed by atoms with van der Waals surface area (Å²) < 4.78 is 82.0. The van der Waals surface area contributed by atoms with Crippen LogP contribution in [-0.2, 0) is 23.6 Å². The Morgan fingerprint density at radius 3 is 2.00 bits per heavy atom. The van der Waals surface area contributed by atoms with Crippen LogP contribution in [0.4, 0.5) is 26.3 Å². The van der Waals surface area contributed by atoms with Gasteiger partial charge in [0.1, 0.15) is 5.78 Å². The van der Waals surface area contributed by atoms with Crippen molar-refractivity contribution in [1.29, 1.82) is 0 Å². The SMILES string of the molecule is O=C(Cc1c(Br)cc(Br)cc1Br)C[C@@H](c1ccc(C(F)(F)F)cc1)c1ncccc1C(F)(F)F. The largest absolute Gasteiger partial charge is 0.418 e. The lowest BCUT2D eigenvalue weighted by molar-refractivity contribution is -0.139. The molecule has 0 aliphatic carbocycles. The van der Waals surface area contributed by atoms with Gasteiger partial charge in [-0.15, -0.1) is 0 Å². The zero-order chi connectivity index (χ0) is 25.3. The summed E-state index contributed by atoms with van der Waals surface area (Å²) in [6, 6.07) is 9.14. The number of Topliss-reactive ketones (excluding diaryl/α,β-unsaturated/α-hetero) is 1. The van der Waals surface area contributed by atoms with Gasteiger partial charge in [0, 0.05) is 38.4 Å². The van der Waals surface area contributed by atoms with E-state index in [1.54, 1.807) is 12.1 Å². The summed E-state index contributed by atoms with van der Waals surface area (Å²) in [5, 5.41) is 0. The topological polar surface area (TPSA) is 30.0 Å². The molecule has 0 unspecified atom stereocenters. The number of halogens is 9. The molecule has 2 nitrogen and oxygen atoms in total. The average Bonchev–Trinajstić information content (AvgIpc) is 2.73. The van der Waals surface area contributed by atoms with Crippen LogP contribution in [0, 0.1) is 0 Å². The third kappa shape index (κ3) is 6.48. The molecule has 3 aromatic rings. The molecular weight excluding hydrogens is 660 g/mol. The maximum absolute atomic E-state index is 13.7. The van der Waals surface area contributed by atoms with E-state index >= 15 is 0 Å². The second kappa shape index (κ2) is 10.5. The number of hydrogen-bond donors (Lipinski definition) is 0. The summed E-state index contributed by atoms with van der Waals surface area (Å²) in [6.07, 6.45) is -8.70. The molecule has 11 heteroatoms. The van der Waals surface area contributed by atoms with Gasteiger partial charge in [-0.2, -0.15) is 26.3 Å². The minimum atomic E-state index is -4.76. The van der Waals surface area contributed by atoms with Gasteiger partial charge in [-0.1, -0.05) is 59.9 Å². The number of carbonyl (C=O) groups excluding carboxylic acids is 1. The molecule has 0 radical (unpaired) electrons. The highest BCUT2D eigenvalue weighted by Crippen LogP contribution is 2.39. The van der Waals surface area contributed by atoms with E-state index in [0.717, 1.165) is 47.1 Å². The van der Waals surface area contributed by atoms with E-state index in [4.69, 9.17) is 0 Å². The molecule has 1 heterocycles. The molecule has 1 aromatic heterocycles. The number of benzene rings is 2. The third-order valence-corrected chi connectivity index (χ3v) is 6.90. The standard InChI is InChI=1S/C23H14Br3F6NO/c24-14-8-19(25)17(20(26)9-14)11-15(34)10-16(12-3-5-13(6-4-12)22(27,28)29)21-18(23(30,31)32)2-1-7-33-21/h1-9,16H,10-11H2/t16-/m0/s1. The fourth-order valence-corrected chi connectivity index (χ4v) is 5.99. The predicted octanol–water partition coefficient (Wildman–Crippen LogP) is 8.74. The van der Waals surface area contributed by atoms with Crippen LogP contribution in [0.1, 0.15) is 40.3 Å². The Labute approximate surface area is 216 Å². The molecule has 0 N–H and O–H groups in total. The fourth-order valence-electron chi connectivity index (χ4n) is 3.45. The monoisotopic (exact) mass is 671 g/mol. The maximum atomic E-state index is 13.7. The van der Waals surface area contributed by atoms with Crippen molar-refractivity contribution in [2.24, 2.45) is 0 Å². The Morgan fingerprint density at radius 2 is 1.47 bits per heavy atom. The van der Waals surface area contributed by atoms with Crippen molar-refractivity contribution in [3.63, 3.8) is 0 Å². The average molecular weight is 674 g/mol. The minimum absolute atomic E-state index is 0.111. The molecule has 0 saturated heterocycles. The first-order chi connectivity index (χ1) is 15.8. The van der Waals surface area contributed by atoms with Crippen LogP contribution in [0.3, 0.4) is 0 Å². The molecule has 1 atom stereocenters. The summed E-state index contributed by atoms with van der Waals surface area (Å²) >= 11 is 10.1. The summed E-state index contributed by atoms with van der Waals surface area (Å²) in [4.78, 5) is 16.9. The van der Waals surface area contributed by atoms with Crippen molar-refractivity contribution in [3.8, 4) is 0 Å². The number of rotatable bonds is 6. The molecule has 180 valence electrons. The van der Waals surface area contributed by atoms with Crippen LogP contribution in [0.5, 0.6) is 0 Å². The summed E-state index contributed by atoms with van der Waals surface area (Å²) in [5.74, 6) is -1.60. The lowest BCUT2D eigenvalue weighted by Gasteiger charge is -2.21. The number of aromatic nitrogens is 1. The van der Waals surface area contributed by atoms with Gasteiger partial charge in [-0.25, -0.2) is 0 Å². The first kappa shape index (κ1) is 26.9. The first-order valence-electron chi connectivity index (χ1n) is 9.61. The molecule has 0 bridgehead atoms. The molecule has 2 aromatic carbocycles. The van der Waals surface area contributed by atoms with Crippen LogP contribution in [0.15, 0.2) is 68.1 Å². The number of pyridine rings is 1. The smallest absolute Gasteiger partial charge is 0.299 e. The molecule has 0 aliphatic heterocycles. The van der Waals surface area contributed by atoms with E-state index < -0.39 is 40.9 Å². The van der Waals surface area contributed by atoms with E-state index in [0.29, 0.717) is 14.5 Å². The number of nitrogens with zero attached hydrogens (tertiary/aromatic N) is 1. The Morgan fingerprint density at radius 1 is 0.882 bits per heavy atom. The molecule has 3 rings (SSSR count). The zero-order valence-corrected chi connectivity index (χ0v) is 21.7. The first-order valence-corrected chi connectivity index (χ1v) is 12.0. The van der Waals surface area contributed by atoms with Crippen molar-refractivity contribution in [3.05, 3.63) is 96.1 Å². The van der Waals surface area contributed by atoms with Crippen molar-refractivity contribution in [1.82, 2.24) is 4.98 Å². The van der Waals surface area contributed by atoms with Gasteiger partial charge in [0.25, 0.3) is 0 Å². The molecule has 0 fully saturated rings. The van der Waals surface area contributed by atoms with Crippen molar-refractivity contribution in [2.75, 3.05) is 0 Å². The Hall–Kier alpha value is -1.72. The number of ketones is 1. The number of carbonyl (C=O) groups is 1. The Kier molecular flexibility index (Phi) is 8.29. The van der Waals surface area contributed by atoms with Crippen LogP contribution in [0.25, 0.3) is 0 Å². The van der Waals surface area contributed by atoms with Crippen LogP contribution < -0.4 is 0 Å². The van der Waals surface area contributed by atoms with E-state index in [1.165, 1.54) is 0 Å². The van der Waals surface area contributed by atoms with Gasteiger partial charge in [-0.3, -0.25) is 9.78 Å². The highest BCUT2D eigenvalue weighted by molar-refractivity contribution is 9.11. The van der Waals surface area contributed by atoms with Crippen molar-refractivity contribution in [2.45, 2.75) is 31.1 Å². The van der Waals surface area contributed by atoms with Gasteiger partial charge < -0.3 is 0 Å². The Balaban J connectivity index is 2.02. The van der Waals surface area contributed by atoms with Crippen LogP contribution >= 0.6 is 47.8 Å². The quantitative estimate of drug-likeness (QED) is 0.245. The summed E-state index contributed by atoms with van der Waals surface area (Å²) in [6.45, 7) is 0. The van der Waals surface area contributed by atoms with E-state index in [9.17, 15) is 31.1 Å². The zero-order valence-electron chi connectivity index (χ0n) is 16.9. The van der Waals surface area contributed by atoms with Crippen LogP contribution in [0.2, 0.25) is 0 Å². The maximum Gasteiger partial charge on any atom is 0.418 e. The second-order valence-corrected chi connectivity index (χ2v) is 10.00. The molecule has 0 saturated carbocycles. The lowest BCUT2D eigenvalue weighted by atomic mass is 9.86. The van der Waals surface area contributed by atoms with Gasteiger partial charge in [0.15, 0.2) is 0 Å². The second-order valence-electron chi connectivity index (χ2n) is 7.37. The molecule has 0 spiro atoms. The van der Waals surface area contributed by atoms with E-state index in [-0.39, 0.29) is 18.4 Å². The molecular formula is C23H14Br3F6NO. The molecule has 0 amide bonds. The van der Waals surface area contributed by atoms with Gasteiger partial charge in [0.05, 0.1) is 16.8 Å². The Bertz CT molecular complexity index is 1170. The fraction of sp³-hybridized carbons (Fsp3) is 0.217. The highest BCUT2D eigenvalue weighted by Gasteiger charge is 2.37. The highest BCUT2D eigenvalue weighted by atomic mass is 79.9. The molecule has 0 aliphatic rings. The lowest BCUT2D eigenvalue weighted by Crippen LogP contribution is -2.18. The van der Waals surface area contributed by atoms with Crippen LogP contribution in [-0.4, -0.2) is 10.8 Å². The third-order valence-electron chi connectivity index (χ3n) is 5.03. The summed E-state index contributed by atoms with van der Waals surface area (Å²) in [7, 11) is 0. The van der Waals surface area contributed by atoms with E-state index in [1.807, 2.05) is 0 Å². The van der Waals surface area contributed by atoms with Crippen molar-refractivity contribution >= 4 is 53.6 Å². The summed E-state index contributed by atoms with van der Waals surface area (Å²) in [5.41, 5.74) is -1.69. The van der Waals surface area contributed by atoms with E-state index in [2.05, 4.69) is 52.8 Å². The minimum Gasteiger partial charge on any atom is -0.299 e. The van der Waals surface area contributed by atoms with Gasteiger partial charge >= 0.3 is 12.4 Å². The normalized spacial score (nSPS) is 13.1. The van der Waals surface area contributed by atoms with Gasteiger partial charge in [-0.05, 0) is 47.5 Å². The van der Waals surface area contributed by atoms with Gasteiger partial charge in [0.2, 0.25) is 0 Å².